The molecule has 19 heavy (non-hydrogen) atoms. The van der Waals surface area contributed by atoms with Gasteiger partial charge < -0.3 is 15.4 Å². The number of nitrogens with zero attached hydrogens (tertiary/aromatic N) is 1. The number of nitrogen functional groups attached to an aromatic ring is 1. The van der Waals surface area contributed by atoms with Gasteiger partial charge in [0, 0.05) is 32.3 Å². The van der Waals surface area contributed by atoms with Gasteiger partial charge in [-0.1, -0.05) is 12.1 Å². The van der Waals surface area contributed by atoms with Gasteiger partial charge in [0.15, 0.2) is 0 Å². The zero-order chi connectivity index (χ0) is 13.7. The van der Waals surface area contributed by atoms with E-state index in [1.807, 2.05) is 31.3 Å². The maximum absolute atomic E-state index is 12.0. The Bertz CT molecular complexity index is 411. The highest BCUT2D eigenvalue weighted by Gasteiger charge is 2.19. The van der Waals surface area contributed by atoms with Gasteiger partial charge in [-0.3, -0.25) is 4.79 Å². The molecule has 104 valence electrons. The minimum atomic E-state index is 0.173. The second kappa shape index (κ2) is 6.57. The average Bonchev–Trinajstić information content (AvgIpc) is 2.90. The van der Waals surface area contributed by atoms with Crippen LogP contribution in [-0.4, -0.2) is 37.1 Å². The summed E-state index contributed by atoms with van der Waals surface area (Å²) in [6, 6.07) is 7.69. The third-order valence-corrected chi connectivity index (χ3v) is 3.53. The number of nitrogens with two attached hydrogens (primary N) is 1. The van der Waals surface area contributed by atoms with Crippen LogP contribution in [0.5, 0.6) is 0 Å². The number of carbonyl (C=O) groups is 1. The smallest absolute Gasteiger partial charge is 0.222 e. The van der Waals surface area contributed by atoms with Crippen molar-refractivity contribution in [3.05, 3.63) is 29.8 Å². The monoisotopic (exact) mass is 262 g/mol. The lowest BCUT2D eigenvalue weighted by molar-refractivity contribution is -0.131. The molecule has 1 aliphatic rings. The Morgan fingerprint density at radius 1 is 1.42 bits per heavy atom. The summed E-state index contributed by atoms with van der Waals surface area (Å²) in [6.07, 6.45) is 3.70. The number of benzene rings is 1. The van der Waals surface area contributed by atoms with Crippen molar-refractivity contribution in [1.29, 1.82) is 0 Å². The lowest BCUT2D eigenvalue weighted by atomic mass is 10.1. The number of likely N-dealkylation sites (N-methyl/N-ethyl adjacent to an activating group) is 1. The second-order valence-electron chi connectivity index (χ2n) is 5.15. The molecule has 1 unspecified atom stereocenters. The van der Waals surface area contributed by atoms with E-state index in [2.05, 4.69) is 0 Å². The zero-order valence-corrected chi connectivity index (χ0v) is 11.5. The van der Waals surface area contributed by atoms with Crippen molar-refractivity contribution in [3.63, 3.8) is 0 Å². The van der Waals surface area contributed by atoms with Gasteiger partial charge in [0.1, 0.15) is 0 Å². The van der Waals surface area contributed by atoms with Gasteiger partial charge in [0.2, 0.25) is 5.91 Å². The molecule has 0 bridgehead atoms. The summed E-state index contributed by atoms with van der Waals surface area (Å²) in [5.74, 6) is 0.173. The van der Waals surface area contributed by atoms with Crippen molar-refractivity contribution >= 4 is 11.6 Å². The van der Waals surface area contributed by atoms with E-state index in [1.165, 1.54) is 0 Å². The van der Waals surface area contributed by atoms with Gasteiger partial charge >= 0.3 is 0 Å². The maximum Gasteiger partial charge on any atom is 0.222 e. The minimum absolute atomic E-state index is 0.173. The molecule has 0 saturated carbocycles. The molecule has 1 fully saturated rings. The number of rotatable bonds is 5. The Kier molecular flexibility index (Phi) is 4.80. The number of amides is 1. The summed E-state index contributed by atoms with van der Waals surface area (Å²) >= 11 is 0. The second-order valence-corrected chi connectivity index (χ2v) is 5.15. The number of carbonyl (C=O) groups excluding carboxylic acids is 1. The molecule has 0 spiro atoms. The lowest BCUT2D eigenvalue weighted by Gasteiger charge is -2.20. The topological polar surface area (TPSA) is 55.6 Å². The fourth-order valence-corrected chi connectivity index (χ4v) is 2.32. The molecule has 1 amide bonds. The molecule has 2 N–H and O–H groups in total. The zero-order valence-electron chi connectivity index (χ0n) is 11.5. The molecular formula is C15H22N2O2. The fourth-order valence-electron chi connectivity index (χ4n) is 2.32. The van der Waals surface area contributed by atoms with E-state index in [0.717, 1.165) is 37.1 Å². The summed E-state index contributed by atoms with van der Waals surface area (Å²) in [4.78, 5) is 13.8. The molecule has 1 aromatic rings. The Balaban J connectivity index is 1.75. The molecule has 0 radical (unpaired) electrons. The molecule has 4 nitrogen and oxygen atoms in total. The van der Waals surface area contributed by atoms with E-state index >= 15 is 0 Å². The predicted octanol–water partition coefficient (Wildman–Crippen LogP) is 1.84. The lowest BCUT2D eigenvalue weighted by Crippen LogP contribution is -2.34. The SMILES string of the molecule is CN(CC1CCCO1)C(=O)CCc1ccc(N)cc1. The number of hydrogen-bond donors (Lipinski definition) is 1. The Morgan fingerprint density at radius 3 is 2.79 bits per heavy atom. The van der Waals surface area contributed by atoms with Gasteiger partial charge in [-0.05, 0) is 37.0 Å². The highest BCUT2D eigenvalue weighted by molar-refractivity contribution is 5.76. The first kappa shape index (κ1) is 13.9. The summed E-state index contributed by atoms with van der Waals surface area (Å²) in [6.45, 7) is 1.54. The van der Waals surface area contributed by atoms with Crippen molar-refractivity contribution in [2.75, 3.05) is 25.9 Å². The van der Waals surface area contributed by atoms with Crippen LogP contribution in [0.2, 0.25) is 0 Å². The molecular weight excluding hydrogens is 240 g/mol. The van der Waals surface area contributed by atoms with Crippen LogP contribution in [0.3, 0.4) is 0 Å². The van der Waals surface area contributed by atoms with Crippen LogP contribution in [0.4, 0.5) is 5.69 Å². The molecule has 1 aliphatic heterocycles. The summed E-state index contributed by atoms with van der Waals surface area (Å²) in [5.41, 5.74) is 7.53. The van der Waals surface area contributed by atoms with Crippen LogP contribution in [-0.2, 0) is 16.0 Å². The van der Waals surface area contributed by atoms with Crippen molar-refractivity contribution in [1.82, 2.24) is 4.90 Å². The predicted molar refractivity (Wildman–Crippen MR) is 75.8 cm³/mol. The van der Waals surface area contributed by atoms with Crippen LogP contribution in [0.1, 0.15) is 24.8 Å². The number of hydrogen-bond acceptors (Lipinski definition) is 3. The Morgan fingerprint density at radius 2 is 2.16 bits per heavy atom. The van der Waals surface area contributed by atoms with Crippen molar-refractivity contribution in [3.8, 4) is 0 Å². The van der Waals surface area contributed by atoms with Crippen LogP contribution in [0.25, 0.3) is 0 Å². The van der Waals surface area contributed by atoms with Crippen molar-refractivity contribution in [2.24, 2.45) is 0 Å². The Hall–Kier alpha value is -1.55. The minimum Gasteiger partial charge on any atom is -0.399 e. The van der Waals surface area contributed by atoms with E-state index < -0.39 is 0 Å². The molecule has 1 heterocycles. The highest BCUT2D eigenvalue weighted by atomic mass is 16.5. The highest BCUT2D eigenvalue weighted by Crippen LogP contribution is 2.14. The van der Waals surface area contributed by atoms with Crippen LogP contribution < -0.4 is 5.73 Å². The molecule has 1 atom stereocenters. The number of anilines is 1. The summed E-state index contributed by atoms with van der Waals surface area (Å²) in [7, 11) is 1.85. The van der Waals surface area contributed by atoms with Gasteiger partial charge in [-0.25, -0.2) is 0 Å². The Labute approximate surface area is 114 Å². The standard InChI is InChI=1S/C15H22N2O2/c1-17(11-14-3-2-10-19-14)15(18)9-6-12-4-7-13(16)8-5-12/h4-5,7-8,14H,2-3,6,9-11,16H2,1H3. The number of ether oxygens (including phenoxy) is 1. The van der Waals surface area contributed by atoms with Crippen LogP contribution in [0, 0.1) is 0 Å². The third kappa shape index (κ3) is 4.24. The first-order chi connectivity index (χ1) is 9.15. The fraction of sp³-hybridized carbons (Fsp3) is 0.533. The van der Waals surface area contributed by atoms with E-state index in [1.54, 1.807) is 4.90 Å². The normalized spacial score (nSPS) is 18.5. The summed E-state index contributed by atoms with van der Waals surface area (Å²) in [5, 5.41) is 0. The van der Waals surface area contributed by atoms with E-state index in [9.17, 15) is 4.79 Å². The largest absolute Gasteiger partial charge is 0.399 e. The molecule has 4 heteroatoms. The third-order valence-electron chi connectivity index (χ3n) is 3.53. The summed E-state index contributed by atoms with van der Waals surface area (Å²) < 4.78 is 5.54. The van der Waals surface area contributed by atoms with E-state index in [4.69, 9.17) is 10.5 Å². The first-order valence-electron chi connectivity index (χ1n) is 6.85. The van der Waals surface area contributed by atoms with Crippen LogP contribution >= 0.6 is 0 Å². The van der Waals surface area contributed by atoms with Gasteiger partial charge in [0.25, 0.3) is 0 Å². The number of aryl methyl sites for hydroxylation is 1. The molecule has 2 rings (SSSR count). The molecule has 0 aliphatic carbocycles. The van der Waals surface area contributed by atoms with E-state index in [-0.39, 0.29) is 12.0 Å². The van der Waals surface area contributed by atoms with E-state index in [0.29, 0.717) is 13.0 Å². The van der Waals surface area contributed by atoms with Gasteiger partial charge in [-0.15, -0.1) is 0 Å². The quantitative estimate of drug-likeness (QED) is 0.824. The van der Waals surface area contributed by atoms with Crippen LogP contribution in [0.15, 0.2) is 24.3 Å². The maximum atomic E-state index is 12.0. The van der Waals surface area contributed by atoms with Gasteiger partial charge in [-0.2, -0.15) is 0 Å². The van der Waals surface area contributed by atoms with Gasteiger partial charge in [0.05, 0.1) is 6.10 Å². The van der Waals surface area contributed by atoms with Crippen molar-refractivity contribution < 1.29 is 9.53 Å². The molecule has 1 saturated heterocycles. The molecule has 1 aromatic carbocycles. The molecule has 0 aromatic heterocycles. The first-order valence-corrected chi connectivity index (χ1v) is 6.85. The van der Waals surface area contributed by atoms with Crippen molar-refractivity contribution in [2.45, 2.75) is 31.8 Å². The average molecular weight is 262 g/mol.